The highest BCUT2D eigenvalue weighted by Gasteiger charge is 2.47. The van der Waals surface area contributed by atoms with Gasteiger partial charge >= 0.3 is 6.18 Å². The molecule has 0 bridgehead atoms. The highest BCUT2D eigenvalue weighted by atomic mass is 19.4. The summed E-state index contributed by atoms with van der Waals surface area (Å²) in [5, 5.41) is 18.2. The van der Waals surface area contributed by atoms with Gasteiger partial charge in [0.25, 0.3) is 6.01 Å². The van der Waals surface area contributed by atoms with Crippen LogP contribution in [0.2, 0.25) is 0 Å². The van der Waals surface area contributed by atoms with Gasteiger partial charge in [-0.1, -0.05) is 31.0 Å². The number of aromatic nitrogens is 5. The average Bonchev–Trinajstić information content (AvgIpc) is 3.69. The van der Waals surface area contributed by atoms with Crippen molar-refractivity contribution >= 4 is 11.7 Å². The number of hydrogen-bond acceptors (Lipinski definition) is 8. The van der Waals surface area contributed by atoms with E-state index in [2.05, 4.69) is 35.7 Å². The van der Waals surface area contributed by atoms with E-state index in [-0.39, 0.29) is 18.1 Å². The lowest BCUT2D eigenvalue weighted by molar-refractivity contribution is -0.137. The van der Waals surface area contributed by atoms with Crippen LogP contribution in [-0.2, 0) is 6.18 Å². The van der Waals surface area contributed by atoms with E-state index in [4.69, 9.17) is 9.40 Å². The van der Waals surface area contributed by atoms with E-state index in [1.807, 2.05) is 24.3 Å². The molecule has 1 saturated carbocycles. The number of anilines is 2. The summed E-state index contributed by atoms with van der Waals surface area (Å²) in [6.07, 6.45) is 2.75. The Kier molecular flexibility index (Phi) is 6.21. The minimum atomic E-state index is -4.34. The van der Waals surface area contributed by atoms with Gasteiger partial charge in [0.15, 0.2) is 5.76 Å². The number of H-pyrrole nitrogens is 1. The number of fused-ring (bicyclic) bond motifs is 2. The molecule has 2 aromatic heterocycles. The fourth-order valence-electron chi connectivity index (χ4n) is 6.59. The minimum Gasteiger partial charge on any atom is -0.423 e. The summed E-state index contributed by atoms with van der Waals surface area (Å²) in [5.41, 5.74) is 1.89. The summed E-state index contributed by atoms with van der Waals surface area (Å²) in [4.78, 5) is 9.33. The number of halogens is 3. The first kappa shape index (κ1) is 25.1. The first-order valence-corrected chi connectivity index (χ1v) is 13.7. The molecule has 4 atom stereocenters. The zero-order valence-corrected chi connectivity index (χ0v) is 21.7. The van der Waals surface area contributed by atoms with Crippen LogP contribution < -0.4 is 15.1 Å². The molecule has 12 heteroatoms. The number of nitrogens with zero attached hydrogens (tertiary/aromatic N) is 6. The van der Waals surface area contributed by atoms with Gasteiger partial charge in [0.1, 0.15) is 0 Å². The van der Waals surface area contributed by atoms with Crippen molar-refractivity contribution < 1.29 is 17.6 Å². The standard InChI is InChI=1S/C28H29F3N8O/c29-28(30,31)19-8-10-20(11-9-19)38-13-12-24-22(16-38)33-21-6-1-2-7-23(21)39(24)27-32-15-25(40-27)17-4-3-5-18(14-17)26-34-36-37-35-26/h3-5,8-11,14-15,21-24,33H,1-2,6-7,12-13,16H2,(H,34,35,36,37)/t21-,22-,23-,24?/m1/s1. The highest BCUT2D eigenvalue weighted by Crippen LogP contribution is 2.39. The number of benzene rings is 2. The van der Waals surface area contributed by atoms with Crippen molar-refractivity contribution in [2.24, 2.45) is 0 Å². The Morgan fingerprint density at radius 3 is 2.52 bits per heavy atom. The fourth-order valence-corrected chi connectivity index (χ4v) is 6.59. The van der Waals surface area contributed by atoms with Gasteiger partial charge in [-0.15, -0.1) is 10.2 Å². The molecule has 3 aliphatic rings. The second-order valence-electron chi connectivity index (χ2n) is 10.8. The maximum absolute atomic E-state index is 13.1. The largest absolute Gasteiger partial charge is 0.423 e. The van der Waals surface area contributed by atoms with Gasteiger partial charge in [0, 0.05) is 48.0 Å². The van der Waals surface area contributed by atoms with Gasteiger partial charge in [0.2, 0.25) is 5.82 Å². The maximum atomic E-state index is 13.1. The number of oxazole rings is 1. The van der Waals surface area contributed by atoms with Crippen LogP contribution in [0, 0.1) is 0 Å². The summed E-state index contributed by atoms with van der Waals surface area (Å²) in [6.45, 7) is 1.44. The van der Waals surface area contributed by atoms with Crippen molar-refractivity contribution in [1.82, 2.24) is 30.9 Å². The first-order chi connectivity index (χ1) is 19.4. The number of aromatic amines is 1. The van der Waals surface area contributed by atoms with E-state index in [1.54, 1.807) is 18.3 Å². The summed E-state index contributed by atoms with van der Waals surface area (Å²) in [5.74, 6) is 1.18. The molecule has 2 N–H and O–H groups in total. The van der Waals surface area contributed by atoms with Gasteiger partial charge in [-0.2, -0.15) is 18.4 Å². The number of tetrazole rings is 1. The van der Waals surface area contributed by atoms with Crippen LogP contribution in [0.4, 0.5) is 24.9 Å². The van der Waals surface area contributed by atoms with Crippen molar-refractivity contribution in [2.75, 3.05) is 22.9 Å². The third kappa shape index (κ3) is 4.59. The number of hydrogen-bond donors (Lipinski definition) is 2. The van der Waals surface area contributed by atoms with E-state index in [1.165, 1.54) is 18.6 Å². The SMILES string of the molecule is FC(F)(F)c1ccc(N2CCC3[C@@H](C2)N[C@@H]2CCCC[C@H]2N3c2ncc(-c3cccc(-c4nn[nH]n4)c3)o2)cc1. The molecular weight excluding hydrogens is 521 g/mol. The molecule has 7 rings (SSSR count). The van der Waals surface area contributed by atoms with Crippen molar-refractivity contribution in [3.8, 4) is 22.7 Å². The molecule has 4 aromatic rings. The molecule has 2 aliphatic heterocycles. The predicted octanol–water partition coefficient (Wildman–Crippen LogP) is 4.91. The third-order valence-electron chi connectivity index (χ3n) is 8.47. The van der Waals surface area contributed by atoms with Gasteiger partial charge in [-0.05, 0) is 54.8 Å². The predicted molar refractivity (Wildman–Crippen MR) is 143 cm³/mol. The van der Waals surface area contributed by atoms with Crippen LogP contribution in [0.25, 0.3) is 22.7 Å². The van der Waals surface area contributed by atoms with Crippen LogP contribution in [0.3, 0.4) is 0 Å². The van der Waals surface area contributed by atoms with Crippen LogP contribution in [-0.4, -0.2) is 62.9 Å². The van der Waals surface area contributed by atoms with Crippen molar-refractivity contribution in [3.05, 3.63) is 60.3 Å². The van der Waals surface area contributed by atoms with Crippen LogP contribution in [0.1, 0.15) is 37.7 Å². The lowest BCUT2D eigenvalue weighted by Crippen LogP contribution is -2.72. The third-order valence-corrected chi connectivity index (χ3v) is 8.47. The lowest BCUT2D eigenvalue weighted by Gasteiger charge is -2.55. The molecule has 0 spiro atoms. The topological polar surface area (TPSA) is 99.0 Å². The van der Waals surface area contributed by atoms with E-state index >= 15 is 0 Å². The van der Waals surface area contributed by atoms with E-state index < -0.39 is 11.7 Å². The van der Waals surface area contributed by atoms with Gasteiger partial charge < -0.3 is 19.5 Å². The normalized spacial score (nSPS) is 25.0. The number of nitrogens with one attached hydrogen (secondary N) is 2. The van der Waals surface area contributed by atoms with Crippen molar-refractivity contribution in [3.63, 3.8) is 0 Å². The molecule has 3 fully saturated rings. The minimum absolute atomic E-state index is 0.132. The van der Waals surface area contributed by atoms with E-state index in [0.29, 0.717) is 30.2 Å². The number of piperazine rings is 1. The van der Waals surface area contributed by atoms with Crippen molar-refractivity contribution in [2.45, 2.75) is 62.4 Å². The summed E-state index contributed by atoms with van der Waals surface area (Å²) in [6, 6.07) is 14.8. The summed E-state index contributed by atoms with van der Waals surface area (Å²) < 4.78 is 45.7. The fraction of sp³-hybridized carbons (Fsp3) is 0.429. The first-order valence-electron chi connectivity index (χ1n) is 13.7. The molecule has 9 nitrogen and oxygen atoms in total. The molecule has 208 valence electrons. The number of piperidine rings is 1. The molecule has 0 radical (unpaired) electrons. The zero-order chi connectivity index (χ0) is 27.3. The van der Waals surface area contributed by atoms with Gasteiger partial charge in [-0.3, -0.25) is 0 Å². The molecule has 40 heavy (non-hydrogen) atoms. The Bertz CT molecular complexity index is 1450. The van der Waals surface area contributed by atoms with Gasteiger partial charge in [0.05, 0.1) is 17.8 Å². The Morgan fingerprint density at radius 2 is 1.73 bits per heavy atom. The number of rotatable bonds is 4. The average molecular weight is 551 g/mol. The van der Waals surface area contributed by atoms with Crippen LogP contribution in [0.5, 0.6) is 0 Å². The molecular formula is C28H29F3N8O. The highest BCUT2D eigenvalue weighted by molar-refractivity contribution is 5.67. The Morgan fingerprint density at radius 1 is 0.925 bits per heavy atom. The Hall–Kier alpha value is -3.93. The smallest absolute Gasteiger partial charge is 0.416 e. The lowest BCUT2D eigenvalue weighted by atomic mass is 9.82. The zero-order valence-electron chi connectivity index (χ0n) is 21.7. The van der Waals surface area contributed by atoms with Gasteiger partial charge in [-0.25, -0.2) is 4.98 Å². The second kappa shape index (κ2) is 9.92. The van der Waals surface area contributed by atoms with Crippen molar-refractivity contribution in [1.29, 1.82) is 0 Å². The molecule has 2 saturated heterocycles. The summed E-state index contributed by atoms with van der Waals surface area (Å²) >= 11 is 0. The Balaban J connectivity index is 1.15. The second-order valence-corrected chi connectivity index (χ2v) is 10.8. The molecule has 1 aliphatic carbocycles. The van der Waals surface area contributed by atoms with E-state index in [9.17, 15) is 13.2 Å². The molecule has 0 amide bonds. The monoisotopic (exact) mass is 550 g/mol. The maximum Gasteiger partial charge on any atom is 0.416 e. The molecule has 1 unspecified atom stereocenters. The molecule has 4 heterocycles. The quantitative estimate of drug-likeness (QED) is 0.370. The Labute approximate surface area is 228 Å². The van der Waals surface area contributed by atoms with E-state index in [0.717, 1.165) is 49.0 Å². The van der Waals surface area contributed by atoms with Crippen LogP contribution >= 0.6 is 0 Å². The van der Waals surface area contributed by atoms with Crippen LogP contribution in [0.15, 0.2) is 59.1 Å². The number of alkyl halides is 3. The summed E-state index contributed by atoms with van der Waals surface area (Å²) in [7, 11) is 0. The molecule has 2 aromatic carbocycles.